The zero-order chi connectivity index (χ0) is 12.4. The largest absolute Gasteiger partial charge is 0.490 e. The smallest absolute Gasteiger partial charge is 0.475 e. The van der Waals surface area contributed by atoms with Crippen LogP contribution < -0.4 is 10.6 Å². The first kappa shape index (κ1) is 12.8. The first-order valence-corrected chi connectivity index (χ1v) is 4.57. The Bertz CT molecular complexity index is 299. The number of carboxylic acids is 1. The van der Waals surface area contributed by atoms with Crippen molar-refractivity contribution in [3.63, 3.8) is 0 Å². The minimum atomic E-state index is -5.08. The Labute approximate surface area is 89.0 Å². The second-order valence-corrected chi connectivity index (χ2v) is 3.73. The average Bonchev–Trinajstić information content (AvgIpc) is 2.46. The molecule has 2 heterocycles. The Kier molecular flexibility index (Phi) is 3.41. The van der Waals surface area contributed by atoms with Crippen LogP contribution in [0.1, 0.15) is 12.8 Å². The van der Waals surface area contributed by atoms with Crippen molar-refractivity contribution in [2.75, 3.05) is 13.1 Å². The Morgan fingerprint density at radius 2 is 1.88 bits per heavy atom. The summed E-state index contributed by atoms with van der Waals surface area (Å²) in [5.74, 6) is -2.54. The molecule has 0 saturated carbocycles. The van der Waals surface area contributed by atoms with Gasteiger partial charge in [-0.15, -0.1) is 0 Å². The first-order chi connectivity index (χ1) is 7.25. The van der Waals surface area contributed by atoms with Crippen LogP contribution in [0.15, 0.2) is 0 Å². The van der Waals surface area contributed by atoms with E-state index in [-0.39, 0.29) is 11.4 Å². The molecule has 3 N–H and O–H groups in total. The van der Waals surface area contributed by atoms with Crippen molar-refractivity contribution in [3.05, 3.63) is 0 Å². The van der Waals surface area contributed by atoms with Crippen LogP contribution in [0.3, 0.4) is 0 Å². The van der Waals surface area contributed by atoms with Gasteiger partial charge in [-0.3, -0.25) is 4.79 Å². The molecule has 0 radical (unpaired) electrons. The highest BCUT2D eigenvalue weighted by molar-refractivity contribution is 5.79. The molecular weight excluding hydrogens is 229 g/mol. The second-order valence-electron chi connectivity index (χ2n) is 3.73. The SMILES string of the molecule is O=C(O)C(F)(F)F.O=C1CCC2(CNC2)N1. The quantitative estimate of drug-likeness (QED) is 0.551. The molecule has 1 spiro atoms. The minimum Gasteiger partial charge on any atom is -0.475 e. The number of amides is 1. The predicted molar refractivity (Wildman–Crippen MR) is 46.7 cm³/mol. The number of hydrogen-bond acceptors (Lipinski definition) is 3. The normalized spacial score (nSPS) is 21.8. The molecule has 5 nitrogen and oxygen atoms in total. The lowest BCUT2D eigenvalue weighted by Crippen LogP contribution is -2.65. The van der Waals surface area contributed by atoms with Crippen molar-refractivity contribution < 1.29 is 27.9 Å². The third-order valence-corrected chi connectivity index (χ3v) is 2.40. The van der Waals surface area contributed by atoms with E-state index in [4.69, 9.17) is 9.90 Å². The molecule has 8 heteroatoms. The molecule has 2 fully saturated rings. The maximum atomic E-state index is 10.7. The number of halogens is 3. The molecule has 0 bridgehead atoms. The Morgan fingerprint density at radius 3 is 2.00 bits per heavy atom. The van der Waals surface area contributed by atoms with E-state index < -0.39 is 12.1 Å². The molecule has 2 aliphatic rings. The number of aliphatic carboxylic acids is 1. The van der Waals surface area contributed by atoms with Crippen molar-refractivity contribution in [3.8, 4) is 0 Å². The Morgan fingerprint density at radius 1 is 1.38 bits per heavy atom. The van der Waals surface area contributed by atoms with Gasteiger partial charge in [0.15, 0.2) is 0 Å². The molecule has 2 rings (SSSR count). The van der Waals surface area contributed by atoms with Gasteiger partial charge in [-0.2, -0.15) is 13.2 Å². The molecule has 16 heavy (non-hydrogen) atoms. The third-order valence-electron chi connectivity index (χ3n) is 2.40. The van der Waals surface area contributed by atoms with Gasteiger partial charge >= 0.3 is 12.1 Å². The van der Waals surface area contributed by atoms with E-state index in [0.29, 0.717) is 0 Å². The number of hydrogen-bond donors (Lipinski definition) is 3. The third kappa shape index (κ3) is 3.09. The highest BCUT2D eigenvalue weighted by Gasteiger charge is 2.42. The van der Waals surface area contributed by atoms with Gasteiger partial charge in [0.05, 0.1) is 5.54 Å². The van der Waals surface area contributed by atoms with Crippen molar-refractivity contribution in [1.29, 1.82) is 0 Å². The summed E-state index contributed by atoms with van der Waals surface area (Å²) in [6.45, 7) is 1.94. The summed E-state index contributed by atoms with van der Waals surface area (Å²) in [5.41, 5.74) is 0.178. The van der Waals surface area contributed by atoms with Crippen molar-refractivity contribution in [1.82, 2.24) is 10.6 Å². The molecule has 0 aromatic rings. The van der Waals surface area contributed by atoms with Gasteiger partial charge in [0, 0.05) is 19.5 Å². The zero-order valence-corrected chi connectivity index (χ0v) is 8.23. The number of nitrogens with one attached hydrogen (secondary N) is 2. The van der Waals surface area contributed by atoms with E-state index in [0.717, 1.165) is 25.9 Å². The van der Waals surface area contributed by atoms with E-state index in [9.17, 15) is 18.0 Å². The standard InChI is InChI=1S/C6H10N2O.C2HF3O2/c9-5-1-2-6(8-5)3-7-4-6;3-2(4,5)1(6)7/h7H,1-4H2,(H,8,9);(H,6,7). The second kappa shape index (κ2) is 4.28. The predicted octanol–water partition coefficient (Wildman–Crippen LogP) is -0.128. The zero-order valence-electron chi connectivity index (χ0n) is 8.23. The molecule has 2 aliphatic heterocycles. The highest BCUT2D eigenvalue weighted by atomic mass is 19.4. The fraction of sp³-hybridized carbons (Fsp3) is 0.750. The van der Waals surface area contributed by atoms with Crippen LogP contribution in [0.5, 0.6) is 0 Å². The van der Waals surface area contributed by atoms with Gasteiger partial charge in [0.25, 0.3) is 0 Å². The van der Waals surface area contributed by atoms with E-state index in [1.807, 2.05) is 0 Å². The van der Waals surface area contributed by atoms with Crippen LogP contribution >= 0.6 is 0 Å². The Hall–Kier alpha value is -1.31. The van der Waals surface area contributed by atoms with Gasteiger partial charge in [0.1, 0.15) is 0 Å². The van der Waals surface area contributed by atoms with Crippen molar-refractivity contribution in [2.24, 2.45) is 0 Å². The topological polar surface area (TPSA) is 78.4 Å². The molecule has 2 saturated heterocycles. The van der Waals surface area contributed by atoms with Crippen molar-refractivity contribution >= 4 is 11.9 Å². The van der Waals surface area contributed by atoms with E-state index >= 15 is 0 Å². The van der Waals surface area contributed by atoms with Crippen LogP contribution in [0.25, 0.3) is 0 Å². The maximum Gasteiger partial charge on any atom is 0.490 e. The molecule has 0 aromatic carbocycles. The van der Waals surface area contributed by atoms with Crippen LogP contribution in [-0.4, -0.2) is 41.8 Å². The fourth-order valence-corrected chi connectivity index (χ4v) is 1.47. The summed E-state index contributed by atoms with van der Waals surface area (Å²) in [6, 6.07) is 0. The van der Waals surface area contributed by atoms with Gasteiger partial charge in [-0.1, -0.05) is 0 Å². The minimum absolute atomic E-state index is 0.178. The number of carbonyl (C=O) groups is 2. The van der Waals surface area contributed by atoms with Gasteiger partial charge in [-0.05, 0) is 6.42 Å². The molecule has 92 valence electrons. The van der Waals surface area contributed by atoms with Gasteiger partial charge < -0.3 is 15.7 Å². The summed E-state index contributed by atoms with van der Waals surface area (Å²) in [5, 5.41) is 13.2. The summed E-state index contributed by atoms with van der Waals surface area (Å²) >= 11 is 0. The van der Waals surface area contributed by atoms with E-state index in [2.05, 4.69) is 10.6 Å². The number of alkyl halides is 3. The summed E-state index contributed by atoms with van der Waals surface area (Å²) in [7, 11) is 0. The fourth-order valence-electron chi connectivity index (χ4n) is 1.47. The Balaban J connectivity index is 0.000000168. The van der Waals surface area contributed by atoms with Crippen LogP contribution in [0, 0.1) is 0 Å². The average molecular weight is 240 g/mol. The maximum absolute atomic E-state index is 10.7. The molecule has 0 aromatic heterocycles. The van der Waals surface area contributed by atoms with E-state index in [1.165, 1.54) is 0 Å². The van der Waals surface area contributed by atoms with Crippen LogP contribution in [0.2, 0.25) is 0 Å². The van der Waals surface area contributed by atoms with Crippen LogP contribution in [-0.2, 0) is 9.59 Å². The molecule has 0 aliphatic carbocycles. The summed E-state index contributed by atoms with van der Waals surface area (Å²) in [6.07, 6.45) is -3.33. The highest BCUT2D eigenvalue weighted by Crippen LogP contribution is 2.23. The monoisotopic (exact) mass is 240 g/mol. The molecule has 0 unspecified atom stereocenters. The molecular formula is C8H11F3N2O3. The molecule has 0 atom stereocenters. The van der Waals surface area contributed by atoms with Crippen molar-refractivity contribution in [2.45, 2.75) is 24.6 Å². The summed E-state index contributed by atoms with van der Waals surface area (Å²) < 4.78 is 31.7. The lowest BCUT2D eigenvalue weighted by atomic mass is 9.91. The number of rotatable bonds is 0. The molecule has 1 amide bonds. The first-order valence-electron chi connectivity index (χ1n) is 4.57. The van der Waals surface area contributed by atoms with E-state index in [1.54, 1.807) is 0 Å². The summed E-state index contributed by atoms with van der Waals surface area (Å²) in [4.78, 5) is 19.6. The number of carboxylic acid groups (broad SMARTS) is 1. The lowest BCUT2D eigenvalue weighted by molar-refractivity contribution is -0.192. The van der Waals surface area contributed by atoms with Gasteiger partial charge in [-0.25, -0.2) is 4.79 Å². The van der Waals surface area contributed by atoms with Gasteiger partial charge in [0.2, 0.25) is 5.91 Å². The van der Waals surface area contributed by atoms with Crippen LogP contribution in [0.4, 0.5) is 13.2 Å². The number of carbonyl (C=O) groups excluding carboxylic acids is 1. The lowest BCUT2D eigenvalue weighted by Gasteiger charge is -2.38.